The van der Waals surface area contributed by atoms with Crippen molar-refractivity contribution in [2.45, 2.75) is 36.9 Å². The first kappa shape index (κ1) is 23.1. The Kier molecular flexibility index (Phi) is 6.90. The molecule has 1 fully saturated rings. The Morgan fingerprint density at radius 2 is 1.74 bits per heavy atom. The lowest BCUT2D eigenvalue weighted by Crippen LogP contribution is -2.44. The van der Waals surface area contributed by atoms with E-state index < -0.39 is 21.8 Å². The number of hydrogen-bond donors (Lipinski definition) is 2. The maximum Gasteiger partial charge on any atom is 0.416 e. The molecule has 2 aromatic carbocycles. The normalized spacial score (nSPS) is 16.1. The second kappa shape index (κ2) is 9.27. The van der Waals surface area contributed by atoms with Crippen LogP contribution in [0.1, 0.15) is 35.7 Å². The summed E-state index contributed by atoms with van der Waals surface area (Å²) in [6, 6.07) is 9.29. The highest BCUT2D eigenvalue weighted by Gasteiger charge is 2.30. The number of piperidine rings is 1. The number of carbonyl (C=O) groups excluding carboxylic acids is 1. The van der Waals surface area contributed by atoms with Gasteiger partial charge in [-0.15, -0.1) is 0 Å². The monoisotopic (exact) mass is 455 g/mol. The summed E-state index contributed by atoms with van der Waals surface area (Å²) in [5.41, 5.74) is -0.838. The van der Waals surface area contributed by atoms with Gasteiger partial charge in [-0.25, -0.2) is 8.42 Å². The van der Waals surface area contributed by atoms with Gasteiger partial charge in [-0.1, -0.05) is 13.0 Å². The molecule has 1 heterocycles. The van der Waals surface area contributed by atoms with E-state index in [2.05, 4.69) is 21.9 Å². The molecule has 3 rings (SSSR count). The van der Waals surface area contributed by atoms with E-state index in [9.17, 15) is 26.4 Å². The molecule has 0 unspecified atom stereocenters. The average molecular weight is 456 g/mol. The van der Waals surface area contributed by atoms with E-state index in [0.717, 1.165) is 50.7 Å². The van der Waals surface area contributed by atoms with Crippen molar-refractivity contribution in [3.05, 3.63) is 59.7 Å². The fourth-order valence-corrected chi connectivity index (χ4v) is 4.47. The highest BCUT2D eigenvalue weighted by molar-refractivity contribution is 7.92. The van der Waals surface area contributed by atoms with Gasteiger partial charge >= 0.3 is 6.18 Å². The molecular weight excluding hydrogens is 431 g/mol. The fraction of sp³-hybridized carbons (Fsp3) is 0.381. The van der Waals surface area contributed by atoms with E-state index in [1.807, 2.05) is 0 Å². The first-order chi connectivity index (χ1) is 14.6. The van der Waals surface area contributed by atoms with Crippen LogP contribution in [0.3, 0.4) is 0 Å². The lowest BCUT2D eigenvalue weighted by atomic mass is 10.0. The van der Waals surface area contributed by atoms with E-state index in [-0.39, 0.29) is 22.5 Å². The smallest absolute Gasteiger partial charge is 0.349 e. The molecule has 1 amide bonds. The number of benzene rings is 2. The molecule has 2 N–H and O–H groups in total. The van der Waals surface area contributed by atoms with Gasteiger partial charge in [0, 0.05) is 30.4 Å². The number of likely N-dealkylation sites (tertiary alicyclic amines) is 1. The molecule has 0 radical (unpaired) electrons. The molecule has 0 aliphatic carbocycles. The second-order valence-corrected chi connectivity index (χ2v) is 9.07. The minimum absolute atomic E-state index is 0.0706. The number of halogens is 3. The molecule has 31 heavy (non-hydrogen) atoms. The molecule has 0 spiro atoms. The minimum Gasteiger partial charge on any atom is -0.349 e. The van der Waals surface area contributed by atoms with Crippen LogP contribution < -0.4 is 10.0 Å². The molecular formula is C21H24F3N3O3S. The van der Waals surface area contributed by atoms with Gasteiger partial charge in [0.1, 0.15) is 0 Å². The Morgan fingerprint density at radius 1 is 1.10 bits per heavy atom. The molecule has 0 aromatic heterocycles. The number of carbonyl (C=O) groups is 1. The van der Waals surface area contributed by atoms with Gasteiger partial charge in [-0.3, -0.25) is 9.52 Å². The Hall–Kier alpha value is -2.59. The summed E-state index contributed by atoms with van der Waals surface area (Å²) in [5.74, 6) is -0.287. The lowest BCUT2D eigenvalue weighted by Gasteiger charge is -2.31. The predicted molar refractivity (Wildman–Crippen MR) is 111 cm³/mol. The van der Waals surface area contributed by atoms with Crippen LogP contribution in [-0.4, -0.2) is 44.9 Å². The van der Waals surface area contributed by atoms with Crippen LogP contribution in [0.5, 0.6) is 0 Å². The van der Waals surface area contributed by atoms with Gasteiger partial charge in [-0.05, 0) is 61.9 Å². The number of nitrogens with one attached hydrogen (secondary N) is 2. The minimum atomic E-state index is -4.58. The number of alkyl halides is 3. The summed E-state index contributed by atoms with van der Waals surface area (Å²) in [6.07, 6.45) is -2.87. The van der Waals surface area contributed by atoms with Crippen molar-refractivity contribution in [2.24, 2.45) is 0 Å². The van der Waals surface area contributed by atoms with E-state index in [1.54, 1.807) is 0 Å². The Bertz CT molecular complexity index is 1020. The van der Waals surface area contributed by atoms with Gasteiger partial charge in [0.25, 0.3) is 15.9 Å². The van der Waals surface area contributed by atoms with Crippen LogP contribution in [0, 0.1) is 0 Å². The van der Waals surface area contributed by atoms with Gasteiger partial charge < -0.3 is 10.2 Å². The molecule has 0 bridgehead atoms. The number of hydrogen-bond acceptors (Lipinski definition) is 4. The maximum absolute atomic E-state index is 12.8. The van der Waals surface area contributed by atoms with Gasteiger partial charge in [0.2, 0.25) is 0 Å². The summed E-state index contributed by atoms with van der Waals surface area (Å²) in [6.45, 7) is 4.90. The standard InChI is InChI=1S/C21H24F3N3O3S/c1-2-27-12-10-17(11-13-27)25-20(28)15-6-8-19(9-7-15)31(29,30)26-18-5-3-4-16(14-18)21(22,23)24/h3-9,14,17,26H,2,10-13H2,1H3,(H,25,28). The van der Waals surface area contributed by atoms with Crippen molar-refractivity contribution in [1.82, 2.24) is 10.2 Å². The number of anilines is 1. The topological polar surface area (TPSA) is 78.5 Å². The average Bonchev–Trinajstić information content (AvgIpc) is 2.73. The molecule has 1 aliphatic rings. The van der Waals surface area contributed by atoms with Crippen LogP contribution in [0.25, 0.3) is 0 Å². The van der Waals surface area contributed by atoms with Crippen LogP contribution in [0.4, 0.5) is 18.9 Å². The van der Waals surface area contributed by atoms with Crippen molar-refractivity contribution in [2.75, 3.05) is 24.4 Å². The zero-order valence-electron chi connectivity index (χ0n) is 16.9. The first-order valence-corrected chi connectivity index (χ1v) is 11.4. The third-order valence-corrected chi connectivity index (χ3v) is 6.64. The highest BCUT2D eigenvalue weighted by atomic mass is 32.2. The molecule has 6 nitrogen and oxygen atoms in total. The molecule has 1 aliphatic heterocycles. The quantitative estimate of drug-likeness (QED) is 0.696. The Labute approximate surface area is 179 Å². The van der Waals surface area contributed by atoms with Crippen molar-refractivity contribution in [1.29, 1.82) is 0 Å². The summed E-state index contributed by atoms with van der Waals surface area (Å²) in [7, 11) is -4.11. The highest BCUT2D eigenvalue weighted by Crippen LogP contribution is 2.31. The molecule has 0 atom stereocenters. The SMILES string of the molecule is CCN1CCC(NC(=O)c2ccc(S(=O)(=O)Nc3cccc(C(F)(F)F)c3)cc2)CC1. The number of amides is 1. The lowest BCUT2D eigenvalue weighted by molar-refractivity contribution is -0.137. The second-order valence-electron chi connectivity index (χ2n) is 7.39. The Balaban J connectivity index is 1.65. The summed E-state index contributed by atoms with van der Waals surface area (Å²) in [5, 5.41) is 2.96. The van der Waals surface area contributed by atoms with E-state index in [4.69, 9.17) is 0 Å². The van der Waals surface area contributed by atoms with Gasteiger partial charge in [-0.2, -0.15) is 13.2 Å². The van der Waals surface area contributed by atoms with Crippen LogP contribution in [-0.2, 0) is 16.2 Å². The van der Waals surface area contributed by atoms with Crippen LogP contribution >= 0.6 is 0 Å². The van der Waals surface area contributed by atoms with Crippen molar-refractivity contribution >= 4 is 21.6 Å². The summed E-state index contributed by atoms with van der Waals surface area (Å²) < 4.78 is 65.7. The molecule has 168 valence electrons. The van der Waals surface area contributed by atoms with E-state index in [1.165, 1.54) is 30.3 Å². The third kappa shape index (κ3) is 5.98. The zero-order chi connectivity index (χ0) is 22.6. The number of nitrogens with zero attached hydrogens (tertiary/aromatic N) is 1. The zero-order valence-corrected chi connectivity index (χ0v) is 17.8. The summed E-state index contributed by atoms with van der Waals surface area (Å²) in [4.78, 5) is 14.6. The summed E-state index contributed by atoms with van der Waals surface area (Å²) >= 11 is 0. The van der Waals surface area contributed by atoms with Crippen molar-refractivity contribution < 1.29 is 26.4 Å². The van der Waals surface area contributed by atoms with E-state index in [0.29, 0.717) is 5.56 Å². The maximum atomic E-state index is 12.8. The number of rotatable bonds is 6. The van der Waals surface area contributed by atoms with Gasteiger partial charge in [0.15, 0.2) is 0 Å². The Morgan fingerprint density at radius 3 is 2.32 bits per heavy atom. The molecule has 0 saturated carbocycles. The molecule has 2 aromatic rings. The van der Waals surface area contributed by atoms with Gasteiger partial charge in [0.05, 0.1) is 10.5 Å². The van der Waals surface area contributed by atoms with Crippen molar-refractivity contribution in [3.8, 4) is 0 Å². The van der Waals surface area contributed by atoms with Crippen molar-refractivity contribution in [3.63, 3.8) is 0 Å². The van der Waals surface area contributed by atoms with Crippen LogP contribution in [0.2, 0.25) is 0 Å². The first-order valence-electron chi connectivity index (χ1n) is 9.92. The van der Waals surface area contributed by atoms with Crippen LogP contribution in [0.15, 0.2) is 53.4 Å². The molecule has 10 heteroatoms. The van der Waals surface area contributed by atoms with E-state index >= 15 is 0 Å². The largest absolute Gasteiger partial charge is 0.416 e. The number of sulfonamides is 1. The fourth-order valence-electron chi connectivity index (χ4n) is 3.42. The third-order valence-electron chi connectivity index (χ3n) is 5.24. The molecule has 1 saturated heterocycles. The predicted octanol–water partition coefficient (Wildman–Crippen LogP) is 3.72.